The summed E-state index contributed by atoms with van der Waals surface area (Å²) in [6, 6.07) is 18.6. The highest BCUT2D eigenvalue weighted by molar-refractivity contribution is 5.90. The van der Waals surface area contributed by atoms with Crippen LogP contribution in [0, 0.1) is 0 Å². The van der Waals surface area contributed by atoms with Gasteiger partial charge in [0.1, 0.15) is 12.4 Å². The molecule has 5 rings (SSSR count). The number of carbonyl (C=O) groups is 1. The van der Waals surface area contributed by atoms with Gasteiger partial charge in [0.2, 0.25) is 5.91 Å². The van der Waals surface area contributed by atoms with Crippen molar-refractivity contribution in [2.45, 2.75) is 51.9 Å². The van der Waals surface area contributed by atoms with E-state index in [1.165, 1.54) is 15.8 Å². The second-order valence-electron chi connectivity index (χ2n) is 9.60. The number of aromatic nitrogens is 3. The summed E-state index contributed by atoms with van der Waals surface area (Å²) >= 11 is 0. The Bertz CT molecular complexity index is 1180. The number of rotatable bonds is 7. The van der Waals surface area contributed by atoms with E-state index in [2.05, 4.69) is 62.7 Å². The van der Waals surface area contributed by atoms with Crippen LogP contribution in [0.5, 0.6) is 0 Å². The number of anilines is 1. The van der Waals surface area contributed by atoms with Crippen LogP contribution in [-0.4, -0.2) is 56.2 Å². The number of aryl methyl sites for hydroxylation is 1. The first-order valence-corrected chi connectivity index (χ1v) is 12.7. The first-order chi connectivity index (χ1) is 17.1. The summed E-state index contributed by atoms with van der Waals surface area (Å²) in [5.41, 5.74) is 3.15. The van der Waals surface area contributed by atoms with E-state index in [0.717, 1.165) is 76.5 Å². The number of amides is 1. The molecule has 0 saturated carbocycles. The second-order valence-corrected chi connectivity index (χ2v) is 9.60. The van der Waals surface area contributed by atoms with E-state index >= 15 is 0 Å². The molecule has 3 aromatic rings. The molecular formula is C27H34N6O2. The van der Waals surface area contributed by atoms with E-state index < -0.39 is 0 Å². The highest BCUT2D eigenvalue weighted by Crippen LogP contribution is 2.15. The molecule has 0 radical (unpaired) electrons. The SMILES string of the molecule is O=C(Cn1nc2n(c1=O)CCCCC2)Nc1ccc(CN2CCN(Cc3ccccc3)CC2)cc1. The molecule has 1 amide bonds. The topological polar surface area (TPSA) is 75.4 Å². The molecule has 0 spiro atoms. The molecule has 35 heavy (non-hydrogen) atoms. The van der Waals surface area contributed by atoms with Crippen LogP contribution in [0.25, 0.3) is 0 Å². The predicted molar refractivity (Wildman–Crippen MR) is 136 cm³/mol. The van der Waals surface area contributed by atoms with Gasteiger partial charge in [-0.15, -0.1) is 0 Å². The van der Waals surface area contributed by atoms with Crippen LogP contribution in [0.3, 0.4) is 0 Å². The zero-order chi connectivity index (χ0) is 24.0. The lowest BCUT2D eigenvalue weighted by Crippen LogP contribution is -2.45. The van der Waals surface area contributed by atoms with Gasteiger partial charge in [-0.25, -0.2) is 9.48 Å². The van der Waals surface area contributed by atoms with Gasteiger partial charge >= 0.3 is 5.69 Å². The van der Waals surface area contributed by atoms with E-state index in [0.29, 0.717) is 6.54 Å². The molecule has 2 aromatic carbocycles. The minimum Gasteiger partial charge on any atom is -0.324 e. The fourth-order valence-corrected chi connectivity index (χ4v) is 4.96. The maximum Gasteiger partial charge on any atom is 0.346 e. The van der Waals surface area contributed by atoms with Gasteiger partial charge < -0.3 is 5.32 Å². The van der Waals surface area contributed by atoms with Crippen LogP contribution >= 0.6 is 0 Å². The lowest BCUT2D eigenvalue weighted by molar-refractivity contribution is -0.117. The standard InChI is InChI=1S/C27H34N6O2/c34-26(21-33-27(35)32-14-6-2-5-9-25(32)29-33)28-24-12-10-23(11-13-24)20-31-17-15-30(16-18-31)19-22-7-3-1-4-8-22/h1,3-4,7-8,10-13H,2,5-6,9,14-21H2,(H,28,34). The Labute approximate surface area is 206 Å². The maximum absolute atomic E-state index is 12.6. The number of fused-ring (bicyclic) bond motifs is 1. The number of hydrogen-bond acceptors (Lipinski definition) is 5. The number of nitrogens with one attached hydrogen (secondary N) is 1. The summed E-state index contributed by atoms with van der Waals surface area (Å²) in [5.74, 6) is 0.563. The molecule has 2 aliphatic rings. The third kappa shape index (κ3) is 6.07. The largest absolute Gasteiger partial charge is 0.346 e. The van der Waals surface area contributed by atoms with Gasteiger partial charge in [-0.3, -0.25) is 19.2 Å². The van der Waals surface area contributed by atoms with Crippen molar-refractivity contribution in [3.8, 4) is 0 Å². The smallest absolute Gasteiger partial charge is 0.324 e. The van der Waals surface area contributed by atoms with E-state index in [9.17, 15) is 9.59 Å². The van der Waals surface area contributed by atoms with E-state index in [-0.39, 0.29) is 18.1 Å². The molecule has 1 saturated heterocycles. The third-order valence-electron chi connectivity index (χ3n) is 6.93. The molecule has 184 valence electrons. The fraction of sp³-hybridized carbons (Fsp3) is 0.444. The average molecular weight is 475 g/mol. The first kappa shape index (κ1) is 23.5. The zero-order valence-corrected chi connectivity index (χ0v) is 20.2. The summed E-state index contributed by atoms with van der Waals surface area (Å²) in [4.78, 5) is 30.1. The van der Waals surface area contributed by atoms with Crippen LogP contribution in [0.1, 0.15) is 36.2 Å². The molecule has 2 aliphatic heterocycles. The van der Waals surface area contributed by atoms with Crippen molar-refractivity contribution in [3.05, 3.63) is 82.0 Å². The summed E-state index contributed by atoms with van der Waals surface area (Å²) < 4.78 is 3.01. The van der Waals surface area contributed by atoms with Gasteiger partial charge in [0.15, 0.2) is 0 Å². The molecule has 0 unspecified atom stereocenters. The summed E-state index contributed by atoms with van der Waals surface area (Å²) in [6.07, 6.45) is 3.94. The van der Waals surface area contributed by atoms with Gasteiger partial charge in [0, 0.05) is 57.9 Å². The van der Waals surface area contributed by atoms with Gasteiger partial charge in [-0.2, -0.15) is 5.10 Å². The Hall–Kier alpha value is -3.23. The molecule has 0 aliphatic carbocycles. The van der Waals surface area contributed by atoms with Crippen LogP contribution in [0.2, 0.25) is 0 Å². The lowest BCUT2D eigenvalue weighted by atomic mass is 10.1. The molecule has 3 heterocycles. The molecule has 1 fully saturated rings. The van der Waals surface area contributed by atoms with Crippen molar-refractivity contribution < 1.29 is 4.79 Å². The van der Waals surface area contributed by atoms with Crippen molar-refractivity contribution in [1.29, 1.82) is 0 Å². The Balaban J connectivity index is 1.09. The van der Waals surface area contributed by atoms with Crippen molar-refractivity contribution in [2.24, 2.45) is 0 Å². The molecular weight excluding hydrogens is 440 g/mol. The van der Waals surface area contributed by atoms with Crippen LogP contribution < -0.4 is 11.0 Å². The predicted octanol–water partition coefficient (Wildman–Crippen LogP) is 2.73. The average Bonchev–Trinajstić information content (AvgIpc) is 3.02. The molecule has 1 aromatic heterocycles. The Kier molecular flexibility index (Phi) is 7.39. The van der Waals surface area contributed by atoms with Crippen molar-refractivity contribution in [2.75, 3.05) is 31.5 Å². The van der Waals surface area contributed by atoms with E-state index in [1.54, 1.807) is 4.57 Å². The minimum absolute atomic E-state index is 0.0617. The monoisotopic (exact) mass is 474 g/mol. The summed E-state index contributed by atoms with van der Waals surface area (Å²) in [6.45, 7) is 6.79. The number of piperazine rings is 1. The van der Waals surface area contributed by atoms with E-state index in [1.807, 2.05) is 12.1 Å². The molecule has 0 atom stereocenters. The number of nitrogens with zero attached hydrogens (tertiary/aromatic N) is 5. The van der Waals surface area contributed by atoms with Gasteiger partial charge in [-0.05, 0) is 36.1 Å². The van der Waals surface area contributed by atoms with Crippen LogP contribution in [-0.2, 0) is 37.4 Å². The van der Waals surface area contributed by atoms with Crippen molar-refractivity contribution in [3.63, 3.8) is 0 Å². The van der Waals surface area contributed by atoms with Crippen LogP contribution in [0.4, 0.5) is 5.69 Å². The van der Waals surface area contributed by atoms with Gasteiger partial charge in [0.25, 0.3) is 0 Å². The molecule has 1 N–H and O–H groups in total. The third-order valence-corrected chi connectivity index (χ3v) is 6.93. The van der Waals surface area contributed by atoms with E-state index in [4.69, 9.17) is 0 Å². The first-order valence-electron chi connectivity index (χ1n) is 12.7. The Morgan fingerprint density at radius 3 is 2.14 bits per heavy atom. The zero-order valence-electron chi connectivity index (χ0n) is 20.2. The number of carbonyl (C=O) groups excluding carboxylic acids is 1. The Morgan fingerprint density at radius 1 is 0.800 bits per heavy atom. The maximum atomic E-state index is 12.6. The highest BCUT2D eigenvalue weighted by atomic mass is 16.2. The quantitative estimate of drug-likeness (QED) is 0.570. The van der Waals surface area contributed by atoms with Gasteiger partial charge in [-0.1, -0.05) is 48.9 Å². The summed E-state index contributed by atoms with van der Waals surface area (Å²) in [5, 5.41) is 7.30. The molecule has 8 nitrogen and oxygen atoms in total. The van der Waals surface area contributed by atoms with Gasteiger partial charge in [0.05, 0.1) is 0 Å². The number of hydrogen-bond donors (Lipinski definition) is 1. The Morgan fingerprint density at radius 2 is 1.46 bits per heavy atom. The highest BCUT2D eigenvalue weighted by Gasteiger charge is 2.18. The lowest BCUT2D eigenvalue weighted by Gasteiger charge is -2.34. The minimum atomic E-state index is -0.234. The van der Waals surface area contributed by atoms with Crippen molar-refractivity contribution >= 4 is 11.6 Å². The molecule has 8 heteroatoms. The second kappa shape index (κ2) is 11.0. The molecule has 0 bridgehead atoms. The normalized spacial score (nSPS) is 17.0. The fourth-order valence-electron chi connectivity index (χ4n) is 4.96. The number of benzene rings is 2. The van der Waals surface area contributed by atoms with Crippen LogP contribution in [0.15, 0.2) is 59.4 Å². The van der Waals surface area contributed by atoms with Crippen molar-refractivity contribution in [1.82, 2.24) is 24.1 Å². The summed E-state index contributed by atoms with van der Waals surface area (Å²) in [7, 11) is 0.